The minimum absolute atomic E-state index is 0.0799. The Labute approximate surface area is 194 Å². The molecule has 0 bridgehead atoms. The molecule has 7 nitrogen and oxygen atoms in total. The van der Waals surface area contributed by atoms with Gasteiger partial charge in [0.25, 0.3) is 0 Å². The van der Waals surface area contributed by atoms with Crippen molar-refractivity contribution in [1.29, 1.82) is 5.26 Å². The van der Waals surface area contributed by atoms with Crippen molar-refractivity contribution in [3.63, 3.8) is 0 Å². The van der Waals surface area contributed by atoms with Crippen LogP contribution in [0.25, 0.3) is 0 Å². The molecule has 0 radical (unpaired) electrons. The molecule has 0 aromatic heterocycles. The molecular weight excluding hydrogens is 438 g/mol. The lowest BCUT2D eigenvalue weighted by molar-refractivity contribution is 0.381. The van der Waals surface area contributed by atoms with Crippen molar-refractivity contribution in [2.45, 2.75) is 17.7 Å². The first kappa shape index (κ1) is 22.6. The molecule has 1 heterocycles. The number of ether oxygens (including phenoxy) is 2. The van der Waals surface area contributed by atoms with Crippen molar-refractivity contribution < 1.29 is 17.9 Å². The van der Waals surface area contributed by atoms with Gasteiger partial charge in [0, 0.05) is 24.0 Å². The zero-order valence-electron chi connectivity index (χ0n) is 18.3. The Bertz CT molecular complexity index is 1270. The minimum Gasteiger partial charge on any atom is -0.497 e. The second-order valence-electron chi connectivity index (χ2n) is 8.12. The molecular formula is C25H25N3O4S. The summed E-state index contributed by atoms with van der Waals surface area (Å²) in [6.07, 6.45) is 5.49. The van der Waals surface area contributed by atoms with Crippen LogP contribution in [0, 0.1) is 23.2 Å². The number of primary sulfonamides is 1. The Hall–Kier alpha value is -3.54. The Morgan fingerprint density at radius 3 is 2.58 bits per heavy atom. The van der Waals surface area contributed by atoms with E-state index >= 15 is 0 Å². The zero-order chi connectivity index (χ0) is 23.6. The van der Waals surface area contributed by atoms with Crippen molar-refractivity contribution in [1.82, 2.24) is 0 Å². The van der Waals surface area contributed by atoms with Crippen molar-refractivity contribution in [3.05, 3.63) is 84.3 Å². The predicted octanol–water partition coefficient (Wildman–Crippen LogP) is 4.12. The average Bonchev–Trinajstić information content (AvgIpc) is 3.20. The molecule has 33 heavy (non-hydrogen) atoms. The van der Waals surface area contributed by atoms with Gasteiger partial charge in [-0.2, -0.15) is 5.26 Å². The highest BCUT2D eigenvalue weighted by Crippen LogP contribution is 2.39. The SMILES string of the molecule is C=C1C[C@H](C2C=C(Oc3cccc(OC)c3)C(C#N)=CC2)CN1c1ccc(S(N)(=O)=O)cc1. The topological polar surface area (TPSA) is 106 Å². The van der Waals surface area contributed by atoms with Gasteiger partial charge in [-0.3, -0.25) is 0 Å². The Morgan fingerprint density at radius 2 is 1.91 bits per heavy atom. The number of anilines is 1. The molecule has 1 aliphatic heterocycles. The average molecular weight is 464 g/mol. The maximum absolute atomic E-state index is 11.5. The number of hydrogen-bond acceptors (Lipinski definition) is 6. The normalized spacial score (nSPS) is 20.6. The molecule has 1 unspecified atom stereocenters. The van der Waals surface area contributed by atoms with E-state index in [2.05, 4.69) is 17.5 Å². The van der Waals surface area contributed by atoms with Gasteiger partial charge in [-0.1, -0.05) is 18.7 Å². The molecule has 1 fully saturated rings. The van der Waals surface area contributed by atoms with Crippen LogP contribution in [-0.2, 0) is 10.0 Å². The number of nitrogens with zero attached hydrogens (tertiary/aromatic N) is 2. The summed E-state index contributed by atoms with van der Waals surface area (Å²) >= 11 is 0. The van der Waals surface area contributed by atoms with Crippen LogP contribution in [-0.4, -0.2) is 22.1 Å². The predicted molar refractivity (Wildman–Crippen MR) is 126 cm³/mol. The summed E-state index contributed by atoms with van der Waals surface area (Å²) in [6.45, 7) is 4.95. The molecule has 2 aromatic carbocycles. The van der Waals surface area contributed by atoms with Gasteiger partial charge >= 0.3 is 0 Å². The van der Waals surface area contributed by atoms with E-state index in [-0.39, 0.29) is 16.7 Å². The summed E-state index contributed by atoms with van der Waals surface area (Å²) < 4.78 is 34.4. The standard InChI is InChI=1S/C25H25N3O4S/c1-17-12-20(16-28(17)21-8-10-24(11-9-21)33(27,29)30)18-6-7-19(15-26)25(13-18)32-23-5-3-4-22(14-23)31-2/h3-5,7-11,13-14,18,20H,1,6,12,16H2,2H3,(H2,27,29,30)/t18?,20-/m0/s1. The quantitative estimate of drug-likeness (QED) is 0.691. The van der Waals surface area contributed by atoms with Crippen LogP contribution in [0.3, 0.4) is 0 Å². The van der Waals surface area contributed by atoms with Crippen molar-refractivity contribution in [2.24, 2.45) is 17.0 Å². The molecule has 2 aliphatic rings. The highest BCUT2D eigenvalue weighted by molar-refractivity contribution is 7.89. The summed E-state index contributed by atoms with van der Waals surface area (Å²) in [5.41, 5.74) is 2.35. The van der Waals surface area contributed by atoms with E-state index in [1.165, 1.54) is 12.1 Å². The largest absolute Gasteiger partial charge is 0.497 e. The van der Waals surface area contributed by atoms with Crippen LogP contribution in [0.1, 0.15) is 12.8 Å². The van der Waals surface area contributed by atoms with Crippen LogP contribution in [0.4, 0.5) is 5.69 Å². The Kier molecular flexibility index (Phi) is 6.27. The first-order valence-corrected chi connectivity index (χ1v) is 12.1. The van der Waals surface area contributed by atoms with Crippen molar-refractivity contribution in [2.75, 3.05) is 18.6 Å². The lowest BCUT2D eigenvalue weighted by Crippen LogP contribution is -2.23. The molecule has 2 aromatic rings. The summed E-state index contributed by atoms with van der Waals surface area (Å²) in [5, 5.41) is 14.8. The molecule has 2 atom stereocenters. The third-order valence-corrected chi connectivity index (χ3v) is 6.92. The van der Waals surface area contributed by atoms with Gasteiger partial charge in [-0.15, -0.1) is 0 Å². The summed E-state index contributed by atoms with van der Waals surface area (Å²) in [6, 6.07) is 16.0. The van der Waals surface area contributed by atoms with Gasteiger partial charge in [0.15, 0.2) is 0 Å². The molecule has 0 amide bonds. The minimum atomic E-state index is -3.73. The van der Waals surface area contributed by atoms with Crippen LogP contribution >= 0.6 is 0 Å². The maximum Gasteiger partial charge on any atom is 0.238 e. The third-order valence-electron chi connectivity index (χ3n) is 5.99. The lowest BCUT2D eigenvalue weighted by atomic mass is 9.84. The van der Waals surface area contributed by atoms with E-state index in [0.717, 1.165) is 30.8 Å². The number of sulfonamides is 1. The van der Waals surface area contributed by atoms with Gasteiger partial charge in [0.2, 0.25) is 10.0 Å². The van der Waals surface area contributed by atoms with E-state index in [1.54, 1.807) is 25.3 Å². The number of benzene rings is 2. The molecule has 1 saturated heterocycles. The maximum atomic E-state index is 11.5. The number of allylic oxidation sites excluding steroid dienone is 4. The van der Waals surface area contributed by atoms with Gasteiger partial charge in [0.05, 0.1) is 17.6 Å². The molecule has 0 saturated carbocycles. The van der Waals surface area contributed by atoms with E-state index in [4.69, 9.17) is 14.6 Å². The second kappa shape index (κ2) is 9.14. The van der Waals surface area contributed by atoms with Crippen molar-refractivity contribution >= 4 is 15.7 Å². The van der Waals surface area contributed by atoms with Crippen LogP contribution in [0.2, 0.25) is 0 Å². The van der Waals surface area contributed by atoms with E-state index in [1.807, 2.05) is 30.4 Å². The highest BCUT2D eigenvalue weighted by atomic mass is 32.2. The van der Waals surface area contributed by atoms with Gasteiger partial charge in [-0.25, -0.2) is 13.6 Å². The van der Waals surface area contributed by atoms with Gasteiger partial charge in [0.1, 0.15) is 23.3 Å². The molecule has 0 spiro atoms. The third kappa shape index (κ3) is 4.95. The lowest BCUT2D eigenvalue weighted by Gasteiger charge is -2.25. The fourth-order valence-corrected chi connectivity index (χ4v) is 4.76. The summed E-state index contributed by atoms with van der Waals surface area (Å²) in [4.78, 5) is 2.17. The van der Waals surface area contributed by atoms with E-state index in [9.17, 15) is 13.7 Å². The van der Waals surface area contributed by atoms with Crippen LogP contribution < -0.4 is 19.5 Å². The molecule has 2 N–H and O–H groups in total. The summed E-state index contributed by atoms with van der Waals surface area (Å²) in [7, 11) is -2.14. The molecule has 4 rings (SSSR count). The van der Waals surface area contributed by atoms with E-state index in [0.29, 0.717) is 22.8 Å². The number of nitriles is 1. The first-order valence-electron chi connectivity index (χ1n) is 10.5. The van der Waals surface area contributed by atoms with Crippen LogP contribution in [0.5, 0.6) is 11.5 Å². The first-order chi connectivity index (χ1) is 15.8. The second-order valence-corrected chi connectivity index (χ2v) is 9.68. The van der Waals surface area contributed by atoms with E-state index < -0.39 is 10.0 Å². The molecule has 8 heteroatoms. The Morgan fingerprint density at radius 1 is 1.18 bits per heavy atom. The number of nitrogens with two attached hydrogens (primary N) is 1. The number of rotatable bonds is 6. The zero-order valence-corrected chi connectivity index (χ0v) is 19.1. The number of methoxy groups -OCH3 is 1. The monoisotopic (exact) mass is 463 g/mol. The number of hydrogen-bond donors (Lipinski definition) is 1. The van der Waals surface area contributed by atoms with Crippen LogP contribution in [0.15, 0.2) is 89.2 Å². The Balaban J connectivity index is 1.52. The highest BCUT2D eigenvalue weighted by Gasteiger charge is 2.33. The fraction of sp³-hybridized carbons (Fsp3) is 0.240. The fourth-order valence-electron chi connectivity index (χ4n) is 4.25. The van der Waals surface area contributed by atoms with Crippen molar-refractivity contribution in [3.8, 4) is 17.6 Å². The molecule has 1 aliphatic carbocycles. The smallest absolute Gasteiger partial charge is 0.238 e. The summed E-state index contributed by atoms with van der Waals surface area (Å²) in [5.74, 6) is 2.28. The van der Waals surface area contributed by atoms with Gasteiger partial charge in [-0.05, 0) is 67.2 Å². The molecule has 170 valence electrons. The van der Waals surface area contributed by atoms with Gasteiger partial charge < -0.3 is 14.4 Å².